The van der Waals surface area contributed by atoms with Gasteiger partial charge in [0.25, 0.3) is 11.4 Å². The zero-order valence-electron chi connectivity index (χ0n) is 12.4. The summed E-state index contributed by atoms with van der Waals surface area (Å²) >= 11 is 3.63. The highest BCUT2D eigenvalue weighted by Gasteiger charge is 2.87. The minimum absolute atomic E-state index is 0.166. The van der Waals surface area contributed by atoms with E-state index in [1.165, 1.54) is 12.8 Å². The van der Waals surface area contributed by atoms with Crippen molar-refractivity contribution in [2.24, 2.45) is 16.7 Å². The second-order valence-corrected chi connectivity index (χ2v) is 8.02. The molecule has 3 saturated carbocycles. The van der Waals surface area contributed by atoms with E-state index in [4.69, 9.17) is 4.74 Å². The van der Waals surface area contributed by atoms with Crippen molar-refractivity contribution in [3.05, 3.63) is 44.0 Å². The van der Waals surface area contributed by atoms with Crippen molar-refractivity contribution in [3.8, 4) is 0 Å². The van der Waals surface area contributed by atoms with Crippen LogP contribution in [0.4, 0.5) is 11.4 Å². The van der Waals surface area contributed by atoms with Crippen LogP contribution >= 0.6 is 15.9 Å². The van der Waals surface area contributed by atoms with Gasteiger partial charge in [-0.05, 0) is 36.0 Å². The van der Waals surface area contributed by atoms with Crippen LogP contribution in [0.15, 0.2) is 18.2 Å². The number of ether oxygens (including phenoxy) is 1. The van der Waals surface area contributed by atoms with Crippen LogP contribution in [-0.4, -0.2) is 27.2 Å². The number of alkyl halides is 1. The van der Waals surface area contributed by atoms with Gasteiger partial charge in [-0.2, -0.15) is 0 Å². The largest absolute Gasteiger partial charge is 0.462 e. The Labute approximate surface area is 144 Å². The lowest BCUT2D eigenvalue weighted by atomic mass is 10.1. The molecule has 2 spiro atoms. The van der Waals surface area contributed by atoms with Gasteiger partial charge in [0.1, 0.15) is 0 Å². The SMILES string of the molecule is O=C(OC[C@@H]1C[C@]12C[C@@]21C[C@H]1Br)c1cc([N+](=O)[O-])cc([N+](=O)[O-])c1. The third-order valence-electron chi connectivity index (χ3n) is 5.69. The maximum Gasteiger partial charge on any atom is 0.338 e. The van der Waals surface area contributed by atoms with E-state index in [2.05, 4.69) is 15.9 Å². The number of fused-ring (bicyclic) bond motifs is 1. The van der Waals surface area contributed by atoms with Crippen LogP contribution in [0.3, 0.4) is 0 Å². The van der Waals surface area contributed by atoms with Gasteiger partial charge in [-0.25, -0.2) is 4.79 Å². The Hall–Kier alpha value is -2.03. The van der Waals surface area contributed by atoms with Gasteiger partial charge >= 0.3 is 5.97 Å². The summed E-state index contributed by atoms with van der Waals surface area (Å²) in [6.45, 7) is 0.261. The number of hydrogen-bond donors (Lipinski definition) is 0. The average Bonchev–Trinajstić information content (AvgIpc) is 3.47. The second-order valence-electron chi connectivity index (χ2n) is 6.91. The third kappa shape index (κ3) is 2.14. The first kappa shape index (κ1) is 15.5. The quantitative estimate of drug-likeness (QED) is 0.326. The molecule has 0 radical (unpaired) electrons. The molecule has 9 heteroatoms. The third-order valence-corrected chi connectivity index (χ3v) is 6.89. The lowest BCUT2D eigenvalue weighted by molar-refractivity contribution is -0.394. The van der Waals surface area contributed by atoms with Gasteiger partial charge in [0.15, 0.2) is 0 Å². The van der Waals surface area contributed by atoms with Crippen LogP contribution in [0.25, 0.3) is 0 Å². The van der Waals surface area contributed by atoms with Crippen molar-refractivity contribution in [3.63, 3.8) is 0 Å². The van der Waals surface area contributed by atoms with E-state index < -0.39 is 27.2 Å². The van der Waals surface area contributed by atoms with Crippen molar-refractivity contribution in [2.45, 2.75) is 24.1 Å². The van der Waals surface area contributed by atoms with Crippen LogP contribution in [0, 0.1) is 37.0 Å². The van der Waals surface area contributed by atoms with Gasteiger partial charge in [-0.1, -0.05) is 15.9 Å². The molecule has 126 valence electrons. The van der Waals surface area contributed by atoms with Crippen molar-refractivity contribution >= 4 is 33.3 Å². The van der Waals surface area contributed by atoms with Gasteiger partial charge in [0.2, 0.25) is 0 Å². The lowest BCUT2D eigenvalue weighted by Gasteiger charge is -2.04. The van der Waals surface area contributed by atoms with E-state index >= 15 is 0 Å². The van der Waals surface area contributed by atoms with E-state index in [1.807, 2.05) is 0 Å². The zero-order valence-corrected chi connectivity index (χ0v) is 14.0. The molecule has 3 aliphatic rings. The Morgan fingerprint density at radius 2 is 1.75 bits per heavy atom. The molecule has 1 aromatic carbocycles. The monoisotopic (exact) mass is 396 g/mol. The molecule has 0 aromatic heterocycles. The molecule has 0 N–H and O–H groups in total. The minimum Gasteiger partial charge on any atom is -0.462 e. The zero-order chi connectivity index (χ0) is 17.3. The minimum atomic E-state index is -0.767. The second kappa shape index (κ2) is 4.75. The Morgan fingerprint density at radius 3 is 2.21 bits per heavy atom. The number of nitrogens with zero attached hydrogens (tertiary/aromatic N) is 2. The van der Waals surface area contributed by atoms with E-state index in [1.54, 1.807) is 0 Å². The van der Waals surface area contributed by atoms with Crippen molar-refractivity contribution in [1.82, 2.24) is 0 Å². The number of esters is 1. The number of nitro groups is 2. The fourth-order valence-corrected chi connectivity index (χ4v) is 5.28. The molecule has 3 aliphatic carbocycles. The normalized spacial score (nSPS) is 34.9. The number of halogens is 1. The number of carbonyl (C=O) groups excluding carboxylic acids is 1. The van der Waals surface area contributed by atoms with Crippen molar-refractivity contribution < 1.29 is 19.4 Å². The number of benzene rings is 1. The molecule has 3 fully saturated rings. The summed E-state index contributed by atoms with van der Waals surface area (Å²) in [5, 5.41) is 21.7. The molecular formula is C15H13BrN2O6. The summed E-state index contributed by atoms with van der Waals surface area (Å²) in [5.74, 6) is -0.428. The molecule has 24 heavy (non-hydrogen) atoms. The molecular weight excluding hydrogens is 384 g/mol. The van der Waals surface area contributed by atoms with E-state index in [-0.39, 0.29) is 12.2 Å². The number of non-ortho nitro benzene ring substituents is 2. The summed E-state index contributed by atoms with van der Waals surface area (Å²) in [5.41, 5.74) is -0.439. The number of hydrogen-bond acceptors (Lipinski definition) is 6. The number of rotatable bonds is 5. The van der Waals surface area contributed by atoms with Crippen LogP contribution < -0.4 is 0 Å². The van der Waals surface area contributed by atoms with Crippen molar-refractivity contribution in [2.75, 3.05) is 6.61 Å². The van der Waals surface area contributed by atoms with Crippen LogP contribution in [0.1, 0.15) is 29.6 Å². The highest BCUT2D eigenvalue weighted by molar-refractivity contribution is 9.09. The lowest BCUT2D eigenvalue weighted by Crippen LogP contribution is -2.10. The van der Waals surface area contributed by atoms with Gasteiger partial charge < -0.3 is 4.74 Å². The Bertz CT molecular complexity index is 766. The molecule has 4 atom stereocenters. The summed E-state index contributed by atoms with van der Waals surface area (Å²) in [6, 6.07) is 2.84. The first-order valence-electron chi connectivity index (χ1n) is 7.54. The maximum absolute atomic E-state index is 12.1. The smallest absolute Gasteiger partial charge is 0.338 e. The summed E-state index contributed by atoms with van der Waals surface area (Å²) in [6.07, 6.45) is 3.38. The predicted molar refractivity (Wildman–Crippen MR) is 85.0 cm³/mol. The summed E-state index contributed by atoms with van der Waals surface area (Å²) < 4.78 is 5.25. The van der Waals surface area contributed by atoms with Gasteiger partial charge in [-0.3, -0.25) is 20.2 Å². The summed E-state index contributed by atoms with van der Waals surface area (Å²) in [7, 11) is 0. The molecule has 8 nitrogen and oxygen atoms in total. The molecule has 0 bridgehead atoms. The molecule has 0 unspecified atom stereocenters. The highest BCUT2D eigenvalue weighted by atomic mass is 79.9. The average molecular weight is 397 g/mol. The predicted octanol–water partition coefficient (Wildman–Crippen LogP) is 3.22. The van der Waals surface area contributed by atoms with Crippen LogP contribution in [0.5, 0.6) is 0 Å². The first-order valence-corrected chi connectivity index (χ1v) is 8.46. The van der Waals surface area contributed by atoms with Crippen LogP contribution in [-0.2, 0) is 4.74 Å². The molecule has 0 saturated heterocycles. The highest BCUT2D eigenvalue weighted by Crippen LogP contribution is 2.92. The van der Waals surface area contributed by atoms with Gasteiger partial charge in [0.05, 0.1) is 28.1 Å². The van der Waals surface area contributed by atoms with E-state index in [0.29, 0.717) is 21.6 Å². The van der Waals surface area contributed by atoms with Crippen LogP contribution in [0.2, 0.25) is 0 Å². The molecule has 1 aromatic rings. The molecule has 0 heterocycles. The Balaban J connectivity index is 1.43. The van der Waals surface area contributed by atoms with Crippen molar-refractivity contribution in [1.29, 1.82) is 0 Å². The standard InChI is InChI=1S/C15H13BrN2O6/c16-12-5-15(12)7-14(15)4-9(14)6-24-13(19)8-1-10(17(20)21)3-11(2-8)18(22)23/h1-3,9,12H,4-7H2/t9-,12+,14-,15+/m0/s1. The molecule has 0 amide bonds. The molecule has 0 aliphatic heterocycles. The number of carbonyl (C=O) groups is 1. The number of nitro benzene ring substituents is 2. The Kier molecular flexibility index (Phi) is 3.07. The molecule has 4 rings (SSSR count). The topological polar surface area (TPSA) is 113 Å². The van der Waals surface area contributed by atoms with Gasteiger partial charge in [0, 0.05) is 17.0 Å². The maximum atomic E-state index is 12.1. The van der Waals surface area contributed by atoms with Gasteiger partial charge in [-0.15, -0.1) is 0 Å². The fourth-order valence-electron chi connectivity index (χ4n) is 4.09. The van der Waals surface area contributed by atoms with E-state index in [0.717, 1.165) is 24.6 Å². The Morgan fingerprint density at radius 1 is 1.17 bits per heavy atom. The van der Waals surface area contributed by atoms with E-state index in [9.17, 15) is 25.0 Å². The fraction of sp³-hybridized carbons (Fsp3) is 0.533. The summed E-state index contributed by atoms with van der Waals surface area (Å²) in [4.78, 5) is 32.9. The first-order chi connectivity index (χ1) is 11.3.